The van der Waals surface area contributed by atoms with Gasteiger partial charge in [-0.2, -0.15) is 0 Å². The molecule has 0 radical (unpaired) electrons. The molecule has 8 nitrogen and oxygen atoms in total. The van der Waals surface area contributed by atoms with Gasteiger partial charge in [0, 0.05) is 43.7 Å². The van der Waals surface area contributed by atoms with Crippen LogP contribution in [0.25, 0.3) is 11.1 Å². The van der Waals surface area contributed by atoms with Crippen LogP contribution in [0.4, 0.5) is 5.69 Å². The summed E-state index contributed by atoms with van der Waals surface area (Å²) in [5, 5.41) is 2.77. The molecule has 0 aliphatic carbocycles. The monoisotopic (exact) mass is 390 g/mol. The van der Waals surface area contributed by atoms with E-state index in [9.17, 15) is 14.4 Å². The average molecular weight is 390 g/mol. The molecule has 8 heteroatoms. The molecule has 0 saturated carbocycles. The van der Waals surface area contributed by atoms with Crippen molar-refractivity contribution in [1.29, 1.82) is 0 Å². The Morgan fingerprint density at radius 3 is 2.59 bits per heavy atom. The molecular weight excluding hydrogens is 372 g/mol. The van der Waals surface area contributed by atoms with Crippen LogP contribution in [0.5, 0.6) is 0 Å². The average Bonchev–Trinajstić information content (AvgIpc) is 3.28. The molecule has 0 spiro atoms. The number of hydrogen-bond donors (Lipinski definition) is 1. The van der Waals surface area contributed by atoms with Crippen molar-refractivity contribution in [2.24, 2.45) is 7.05 Å². The van der Waals surface area contributed by atoms with Gasteiger partial charge in [0.2, 0.25) is 11.7 Å². The van der Waals surface area contributed by atoms with Gasteiger partial charge in [0.05, 0.1) is 5.52 Å². The predicted molar refractivity (Wildman–Crippen MR) is 107 cm³/mol. The Balaban J connectivity index is 1.40. The third kappa shape index (κ3) is 3.73. The molecule has 0 aliphatic heterocycles. The highest BCUT2D eigenvalue weighted by Crippen LogP contribution is 2.15. The zero-order valence-corrected chi connectivity index (χ0v) is 15.7. The third-order valence-corrected chi connectivity index (χ3v) is 4.59. The lowest BCUT2D eigenvalue weighted by Crippen LogP contribution is -2.19. The highest BCUT2D eigenvalue weighted by molar-refractivity contribution is 6.07. The Morgan fingerprint density at radius 2 is 1.86 bits per heavy atom. The molecule has 0 saturated heterocycles. The van der Waals surface area contributed by atoms with Crippen LogP contribution in [0.3, 0.4) is 0 Å². The molecule has 0 unspecified atom stereocenters. The van der Waals surface area contributed by atoms with Crippen molar-refractivity contribution < 1.29 is 14.0 Å². The summed E-state index contributed by atoms with van der Waals surface area (Å²) in [6.07, 6.45) is 3.38. The largest absolute Gasteiger partial charge is 0.419 e. The third-order valence-electron chi connectivity index (χ3n) is 4.59. The van der Waals surface area contributed by atoms with E-state index in [1.54, 1.807) is 66.5 Å². The Morgan fingerprint density at radius 1 is 1.10 bits per heavy atom. The number of hydrogen-bond acceptors (Lipinski definition) is 5. The van der Waals surface area contributed by atoms with Crippen molar-refractivity contribution in [2.75, 3.05) is 5.32 Å². The van der Waals surface area contributed by atoms with E-state index >= 15 is 0 Å². The fraction of sp³-hybridized carbons (Fsp3) is 0.143. The van der Waals surface area contributed by atoms with Crippen LogP contribution in [-0.4, -0.2) is 25.8 Å². The maximum atomic E-state index is 12.4. The van der Waals surface area contributed by atoms with E-state index in [1.165, 1.54) is 4.57 Å². The zero-order chi connectivity index (χ0) is 20.4. The van der Waals surface area contributed by atoms with Gasteiger partial charge in [0.25, 0.3) is 0 Å². The number of nitrogens with one attached hydrogen (secondary N) is 1. The van der Waals surface area contributed by atoms with Crippen LogP contribution in [0, 0.1) is 0 Å². The van der Waals surface area contributed by atoms with E-state index < -0.39 is 5.76 Å². The number of ketones is 1. The first-order chi connectivity index (χ1) is 14.0. The second-order valence-corrected chi connectivity index (χ2v) is 6.55. The van der Waals surface area contributed by atoms with Crippen molar-refractivity contribution in [3.05, 3.63) is 82.9 Å². The van der Waals surface area contributed by atoms with Gasteiger partial charge in [-0.15, -0.1) is 0 Å². The molecule has 2 aromatic carbocycles. The van der Waals surface area contributed by atoms with Gasteiger partial charge in [0.1, 0.15) is 0 Å². The van der Waals surface area contributed by atoms with Crippen molar-refractivity contribution in [3.63, 3.8) is 0 Å². The summed E-state index contributed by atoms with van der Waals surface area (Å²) >= 11 is 0. The quantitative estimate of drug-likeness (QED) is 0.510. The summed E-state index contributed by atoms with van der Waals surface area (Å²) in [7, 11) is 1.75. The zero-order valence-electron chi connectivity index (χ0n) is 15.7. The summed E-state index contributed by atoms with van der Waals surface area (Å²) in [4.78, 5) is 40.7. The lowest BCUT2D eigenvalue weighted by Gasteiger charge is -2.07. The Kier molecular flexibility index (Phi) is 4.82. The summed E-state index contributed by atoms with van der Waals surface area (Å²) in [5.74, 6) is -0.581. The van der Waals surface area contributed by atoms with Crippen molar-refractivity contribution in [2.45, 2.75) is 13.0 Å². The summed E-state index contributed by atoms with van der Waals surface area (Å²) in [5.41, 5.74) is 2.19. The number of carbonyl (C=O) groups is 2. The Labute approximate surface area is 165 Å². The minimum Gasteiger partial charge on any atom is -0.408 e. The molecule has 146 valence electrons. The van der Waals surface area contributed by atoms with Gasteiger partial charge in [-0.3, -0.25) is 14.2 Å². The molecule has 1 amide bonds. The molecule has 4 rings (SSSR count). The van der Waals surface area contributed by atoms with Crippen molar-refractivity contribution >= 4 is 28.5 Å². The Hall–Kier alpha value is -3.94. The second-order valence-electron chi connectivity index (χ2n) is 6.55. The minimum absolute atomic E-state index is 0.109. The van der Waals surface area contributed by atoms with E-state index in [4.69, 9.17) is 4.42 Å². The van der Waals surface area contributed by atoms with Crippen LogP contribution >= 0.6 is 0 Å². The fourth-order valence-corrected chi connectivity index (χ4v) is 3.08. The number of imidazole rings is 1. The molecular formula is C21H18N4O4. The first kappa shape index (κ1) is 18.4. The van der Waals surface area contributed by atoms with Crippen LogP contribution in [-0.2, 0) is 18.4 Å². The number of aryl methyl sites for hydroxylation is 2. The maximum Gasteiger partial charge on any atom is 0.419 e. The number of amides is 1. The molecule has 0 atom stereocenters. The van der Waals surface area contributed by atoms with E-state index in [1.807, 2.05) is 6.07 Å². The number of rotatable bonds is 6. The molecule has 0 fully saturated rings. The molecule has 0 bridgehead atoms. The van der Waals surface area contributed by atoms with Crippen LogP contribution < -0.4 is 11.1 Å². The molecule has 29 heavy (non-hydrogen) atoms. The number of aromatic nitrogens is 3. The minimum atomic E-state index is -0.490. The number of fused-ring (bicyclic) bond motifs is 1. The number of para-hydroxylation sites is 2. The van der Waals surface area contributed by atoms with Gasteiger partial charge >= 0.3 is 5.76 Å². The normalized spacial score (nSPS) is 10.9. The van der Waals surface area contributed by atoms with Gasteiger partial charge in [0.15, 0.2) is 11.4 Å². The number of benzene rings is 2. The smallest absolute Gasteiger partial charge is 0.408 e. The Bertz CT molecular complexity index is 1250. The summed E-state index contributed by atoms with van der Waals surface area (Å²) in [6.45, 7) is 0.206. The lowest BCUT2D eigenvalue weighted by atomic mass is 10.1. The summed E-state index contributed by atoms with van der Waals surface area (Å²) in [6, 6.07) is 13.7. The van der Waals surface area contributed by atoms with Gasteiger partial charge < -0.3 is 14.3 Å². The lowest BCUT2D eigenvalue weighted by molar-refractivity contribution is -0.116. The van der Waals surface area contributed by atoms with Crippen molar-refractivity contribution in [1.82, 2.24) is 14.1 Å². The van der Waals surface area contributed by atoms with Gasteiger partial charge in [-0.1, -0.05) is 12.1 Å². The van der Waals surface area contributed by atoms with Gasteiger partial charge in [-0.05, 0) is 36.4 Å². The van der Waals surface area contributed by atoms with Crippen LogP contribution in [0.15, 0.2) is 70.1 Å². The highest BCUT2D eigenvalue weighted by atomic mass is 16.4. The van der Waals surface area contributed by atoms with E-state index in [0.717, 1.165) is 0 Å². The van der Waals surface area contributed by atoms with Crippen molar-refractivity contribution in [3.8, 4) is 0 Å². The molecule has 2 heterocycles. The second kappa shape index (κ2) is 7.59. The van der Waals surface area contributed by atoms with Crippen LogP contribution in [0.2, 0.25) is 0 Å². The van der Waals surface area contributed by atoms with Gasteiger partial charge in [-0.25, -0.2) is 9.78 Å². The number of carbonyl (C=O) groups excluding carboxylic acids is 2. The highest BCUT2D eigenvalue weighted by Gasteiger charge is 2.14. The number of anilines is 1. The van der Waals surface area contributed by atoms with Crippen LogP contribution in [0.1, 0.15) is 22.6 Å². The maximum absolute atomic E-state index is 12.4. The molecule has 2 aromatic heterocycles. The predicted octanol–water partition coefficient (Wildman–Crippen LogP) is 2.59. The topological polar surface area (TPSA) is 99.1 Å². The molecule has 4 aromatic rings. The SMILES string of the molecule is Cn1ccnc1C(=O)c1ccc(NC(=O)CCn2c(=O)oc3ccccc32)cc1. The summed E-state index contributed by atoms with van der Waals surface area (Å²) < 4.78 is 8.25. The fourth-order valence-electron chi connectivity index (χ4n) is 3.08. The first-order valence-corrected chi connectivity index (χ1v) is 9.03. The van der Waals surface area contributed by atoms with E-state index in [0.29, 0.717) is 28.2 Å². The molecule has 0 aliphatic rings. The van der Waals surface area contributed by atoms with E-state index in [-0.39, 0.29) is 24.7 Å². The number of nitrogens with zero attached hydrogens (tertiary/aromatic N) is 3. The standard InChI is InChI=1S/C21H18N4O4/c1-24-13-11-22-20(24)19(27)14-6-8-15(9-7-14)23-18(26)10-12-25-16-4-2-3-5-17(16)29-21(25)28/h2-9,11,13H,10,12H2,1H3,(H,23,26). The van der Waals surface area contributed by atoms with E-state index in [2.05, 4.69) is 10.3 Å². The first-order valence-electron chi connectivity index (χ1n) is 9.03. The number of oxazole rings is 1. The molecule has 1 N–H and O–H groups in total.